The van der Waals surface area contributed by atoms with Gasteiger partial charge in [-0.2, -0.15) is 0 Å². The molecule has 1 aromatic carbocycles. The highest BCUT2D eigenvalue weighted by Crippen LogP contribution is 2.25. The van der Waals surface area contributed by atoms with Gasteiger partial charge in [-0.05, 0) is 17.7 Å². The average molecular weight is 407 g/mol. The fraction of sp³-hybridized carbons (Fsp3) is 0.316. The molecule has 1 amide bonds. The minimum absolute atomic E-state index is 0.222. The predicted octanol–water partition coefficient (Wildman–Crippen LogP) is 1.67. The number of amides is 1. The molecule has 3 rings (SSSR count). The minimum Gasteiger partial charge on any atom is -0.508 e. The van der Waals surface area contributed by atoms with Crippen molar-refractivity contribution in [1.82, 2.24) is 9.80 Å². The van der Waals surface area contributed by atoms with E-state index in [0.717, 1.165) is 17.7 Å². The molecule has 1 saturated heterocycles. The lowest BCUT2D eigenvalue weighted by atomic mass is 10.0. The maximum absolute atomic E-state index is 12.5. The fourth-order valence-corrected chi connectivity index (χ4v) is 3.29. The SMILES string of the molecule is COC(=O)[C@@H](c1ccc(Cl)cc1)N1CCN(C(=O)c2cc(O)cc(=O)o2)CC1. The number of aromatic hydroxyl groups is 1. The van der Waals surface area contributed by atoms with Crippen molar-refractivity contribution in [2.45, 2.75) is 6.04 Å². The van der Waals surface area contributed by atoms with E-state index in [4.69, 9.17) is 20.8 Å². The molecule has 148 valence electrons. The van der Waals surface area contributed by atoms with Crippen molar-refractivity contribution >= 4 is 23.5 Å². The number of rotatable bonds is 4. The third-order valence-electron chi connectivity index (χ3n) is 4.54. The van der Waals surface area contributed by atoms with Crippen molar-refractivity contribution in [1.29, 1.82) is 0 Å². The summed E-state index contributed by atoms with van der Waals surface area (Å²) in [4.78, 5) is 39.7. The third kappa shape index (κ3) is 4.35. The molecule has 2 heterocycles. The van der Waals surface area contributed by atoms with Crippen LogP contribution in [0.15, 0.2) is 45.6 Å². The average Bonchev–Trinajstić information content (AvgIpc) is 2.68. The molecule has 0 saturated carbocycles. The number of ether oxygens (including phenoxy) is 1. The zero-order chi connectivity index (χ0) is 20.3. The van der Waals surface area contributed by atoms with Crippen LogP contribution in [-0.2, 0) is 9.53 Å². The molecule has 1 aliphatic rings. The van der Waals surface area contributed by atoms with Gasteiger partial charge in [-0.1, -0.05) is 23.7 Å². The summed E-state index contributed by atoms with van der Waals surface area (Å²) in [5.74, 6) is -1.44. The van der Waals surface area contributed by atoms with Gasteiger partial charge in [-0.25, -0.2) is 9.59 Å². The van der Waals surface area contributed by atoms with Gasteiger partial charge >= 0.3 is 11.6 Å². The van der Waals surface area contributed by atoms with Gasteiger partial charge in [0.1, 0.15) is 11.8 Å². The molecule has 1 atom stereocenters. The zero-order valence-corrected chi connectivity index (χ0v) is 15.9. The van der Waals surface area contributed by atoms with E-state index >= 15 is 0 Å². The van der Waals surface area contributed by atoms with Gasteiger partial charge in [0.05, 0.1) is 13.2 Å². The number of methoxy groups -OCH3 is 1. The molecule has 0 spiro atoms. The van der Waals surface area contributed by atoms with Crippen LogP contribution in [0.2, 0.25) is 5.02 Å². The second-order valence-electron chi connectivity index (χ2n) is 6.30. The van der Waals surface area contributed by atoms with E-state index in [-0.39, 0.29) is 11.5 Å². The van der Waals surface area contributed by atoms with Gasteiger partial charge in [0.25, 0.3) is 5.91 Å². The number of hydrogen-bond donors (Lipinski definition) is 1. The summed E-state index contributed by atoms with van der Waals surface area (Å²) in [7, 11) is 1.33. The highest BCUT2D eigenvalue weighted by Gasteiger charge is 2.33. The van der Waals surface area contributed by atoms with Gasteiger partial charge in [-0.3, -0.25) is 9.69 Å². The summed E-state index contributed by atoms with van der Waals surface area (Å²) < 4.78 is 9.83. The van der Waals surface area contributed by atoms with Crippen molar-refractivity contribution in [3.63, 3.8) is 0 Å². The lowest BCUT2D eigenvalue weighted by molar-refractivity contribution is -0.148. The van der Waals surface area contributed by atoms with Crippen LogP contribution in [0.1, 0.15) is 22.2 Å². The summed E-state index contributed by atoms with van der Waals surface area (Å²) >= 11 is 5.93. The Kier molecular flexibility index (Phi) is 6.01. The van der Waals surface area contributed by atoms with E-state index in [0.29, 0.717) is 31.2 Å². The number of halogens is 1. The third-order valence-corrected chi connectivity index (χ3v) is 4.79. The van der Waals surface area contributed by atoms with Crippen LogP contribution in [0, 0.1) is 0 Å². The normalized spacial score (nSPS) is 15.9. The van der Waals surface area contributed by atoms with Crippen molar-refractivity contribution in [3.05, 3.63) is 63.2 Å². The van der Waals surface area contributed by atoms with Crippen LogP contribution in [0.3, 0.4) is 0 Å². The molecule has 28 heavy (non-hydrogen) atoms. The number of piperazine rings is 1. The molecule has 0 unspecified atom stereocenters. The molecule has 0 radical (unpaired) electrons. The molecule has 8 nitrogen and oxygen atoms in total. The van der Waals surface area contributed by atoms with Crippen LogP contribution in [0.25, 0.3) is 0 Å². The van der Waals surface area contributed by atoms with Crippen LogP contribution < -0.4 is 5.63 Å². The molecular formula is C19H19ClN2O6. The quantitative estimate of drug-likeness (QED) is 0.771. The Labute approximate surface area is 165 Å². The van der Waals surface area contributed by atoms with Gasteiger partial charge < -0.3 is 19.2 Å². The Hall–Kier alpha value is -2.84. The highest BCUT2D eigenvalue weighted by molar-refractivity contribution is 6.30. The molecule has 1 aliphatic heterocycles. The Balaban J connectivity index is 1.73. The number of carbonyl (C=O) groups is 2. The van der Waals surface area contributed by atoms with E-state index in [9.17, 15) is 19.5 Å². The van der Waals surface area contributed by atoms with Crippen LogP contribution in [0.5, 0.6) is 5.75 Å². The second kappa shape index (κ2) is 8.45. The zero-order valence-electron chi connectivity index (χ0n) is 15.1. The summed E-state index contributed by atoms with van der Waals surface area (Å²) in [6.45, 7) is 1.47. The fourth-order valence-electron chi connectivity index (χ4n) is 3.16. The maximum atomic E-state index is 12.5. The number of hydrogen-bond acceptors (Lipinski definition) is 7. The van der Waals surface area contributed by atoms with Crippen molar-refractivity contribution < 1.29 is 23.8 Å². The molecule has 0 aliphatic carbocycles. The van der Waals surface area contributed by atoms with Gasteiger partial charge in [-0.15, -0.1) is 0 Å². The molecule has 9 heteroatoms. The summed E-state index contributed by atoms with van der Waals surface area (Å²) in [5, 5.41) is 10.1. The first-order valence-electron chi connectivity index (χ1n) is 8.60. The monoisotopic (exact) mass is 406 g/mol. The number of benzene rings is 1. The molecular weight excluding hydrogens is 388 g/mol. The molecule has 1 fully saturated rings. The molecule has 2 aromatic rings. The first-order valence-corrected chi connectivity index (χ1v) is 8.97. The lowest BCUT2D eigenvalue weighted by Gasteiger charge is -2.38. The van der Waals surface area contributed by atoms with Crippen LogP contribution in [0.4, 0.5) is 0 Å². The lowest BCUT2D eigenvalue weighted by Crippen LogP contribution is -2.51. The Morgan fingerprint density at radius 2 is 1.79 bits per heavy atom. The molecule has 1 aromatic heterocycles. The minimum atomic E-state index is -0.796. The van der Waals surface area contributed by atoms with Gasteiger partial charge in [0, 0.05) is 37.3 Å². The summed E-state index contributed by atoms with van der Waals surface area (Å²) in [6, 6.07) is 8.33. The number of esters is 1. The Morgan fingerprint density at radius 1 is 1.14 bits per heavy atom. The number of carbonyl (C=O) groups excluding carboxylic acids is 2. The molecule has 1 N–H and O–H groups in total. The van der Waals surface area contributed by atoms with E-state index in [1.807, 2.05) is 4.90 Å². The van der Waals surface area contributed by atoms with E-state index in [1.54, 1.807) is 24.3 Å². The first-order chi connectivity index (χ1) is 13.4. The van der Waals surface area contributed by atoms with Crippen LogP contribution >= 0.6 is 11.6 Å². The topological polar surface area (TPSA) is 100 Å². The number of nitrogens with zero attached hydrogens (tertiary/aromatic N) is 2. The van der Waals surface area contributed by atoms with E-state index < -0.39 is 23.5 Å². The largest absolute Gasteiger partial charge is 0.508 e. The summed E-state index contributed by atoms with van der Waals surface area (Å²) in [6.07, 6.45) is 0. The summed E-state index contributed by atoms with van der Waals surface area (Å²) in [5.41, 5.74) is -0.0505. The smallest absolute Gasteiger partial charge is 0.340 e. The molecule has 0 bridgehead atoms. The standard InChI is InChI=1S/C19H19ClN2O6/c1-27-19(26)17(12-2-4-13(20)5-3-12)21-6-8-22(9-7-21)18(25)15-10-14(23)11-16(24)28-15/h2-5,10-11,17,23H,6-9H2,1H3/t17-/m1/s1. The van der Waals surface area contributed by atoms with Crippen molar-refractivity contribution in [2.75, 3.05) is 33.3 Å². The van der Waals surface area contributed by atoms with Crippen molar-refractivity contribution in [2.24, 2.45) is 0 Å². The first kappa shape index (κ1) is 19.9. The second-order valence-corrected chi connectivity index (χ2v) is 6.74. The predicted molar refractivity (Wildman–Crippen MR) is 100 cm³/mol. The maximum Gasteiger partial charge on any atom is 0.340 e. The highest BCUT2D eigenvalue weighted by atomic mass is 35.5. The van der Waals surface area contributed by atoms with Gasteiger partial charge in [0.15, 0.2) is 5.76 Å². The Bertz CT molecular complexity index is 919. The van der Waals surface area contributed by atoms with Gasteiger partial charge in [0.2, 0.25) is 0 Å². The Morgan fingerprint density at radius 3 is 2.36 bits per heavy atom. The van der Waals surface area contributed by atoms with Crippen LogP contribution in [-0.4, -0.2) is 60.1 Å². The van der Waals surface area contributed by atoms with E-state index in [2.05, 4.69) is 0 Å². The van der Waals surface area contributed by atoms with Crippen molar-refractivity contribution in [3.8, 4) is 5.75 Å². The van der Waals surface area contributed by atoms with E-state index in [1.165, 1.54) is 12.0 Å².